The van der Waals surface area contributed by atoms with Gasteiger partial charge in [0.05, 0.1) is 17.3 Å². The number of rotatable bonds is 2. The molecule has 4 aromatic rings. The van der Waals surface area contributed by atoms with Gasteiger partial charge in [-0.15, -0.1) is 10.2 Å². The van der Waals surface area contributed by atoms with Crippen molar-refractivity contribution in [3.8, 4) is 5.69 Å². The molecule has 0 unspecified atom stereocenters. The van der Waals surface area contributed by atoms with Gasteiger partial charge in [0.2, 0.25) is 0 Å². The molecule has 0 N–H and O–H groups in total. The first-order chi connectivity index (χ1) is 10.7. The molecule has 0 fully saturated rings. The largest absolute Gasteiger partial charge is 0.260 e. The summed E-state index contributed by atoms with van der Waals surface area (Å²) in [4.78, 5) is 4.55. The fraction of sp³-hybridized carbons (Fsp3) is 0.200. The standard InChI is InChI=1S/C15H14N6S/c1-9-4-5-11(6-10(9)2)21-13-12(7-17-21)14-18-19-15(22-3)20(14)8-16-13/h4-8H,1-3H3. The number of nitrogens with zero attached hydrogens (tertiary/aromatic N) is 6. The van der Waals surface area contributed by atoms with Crippen LogP contribution in [-0.4, -0.2) is 35.6 Å². The third-order valence-corrected chi connectivity index (χ3v) is 4.51. The zero-order valence-electron chi connectivity index (χ0n) is 12.5. The first kappa shape index (κ1) is 13.3. The average Bonchev–Trinajstić information content (AvgIpc) is 3.12. The minimum atomic E-state index is 0.782. The predicted octanol–water partition coefficient (Wildman–Crippen LogP) is 2.80. The highest BCUT2D eigenvalue weighted by Crippen LogP contribution is 2.23. The minimum Gasteiger partial charge on any atom is -0.260 e. The summed E-state index contributed by atoms with van der Waals surface area (Å²) in [5.41, 5.74) is 5.06. The van der Waals surface area contributed by atoms with E-state index in [-0.39, 0.29) is 0 Å². The van der Waals surface area contributed by atoms with Gasteiger partial charge in [-0.25, -0.2) is 9.67 Å². The first-order valence-corrected chi connectivity index (χ1v) is 8.10. The van der Waals surface area contributed by atoms with Crippen LogP contribution in [0, 0.1) is 13.8 Å². The molecule has 3 heterocycles. The lowest BCUT2D eigenvalue weighted by Crippen LogP contribution is -1.99. The van der Waals surface area contributed by atoms with Crippen LogP contribution in [0.15, 0.2) is 35.9 Å². The maximum Gasteiger partial charge on any atom is 0.196 e. The number of hydrogen-bond acceptors (Lipinski definition) is 5. The van der Waals surface area contributed by atoms with Crippen molar-refractivity contribution in [1.29, 1.82) is 0 Å². The van der Waals surface area contributed by atoms with Crippen molar-refractivity contribution in [1.82, 2.24) is 29.4 Å². The summed E-state index contributed by atoms with van der Waals surface area (Å²) >= 11 is 1.54. The van der Waals surface area contributed by atoms with E-state index in [4.69, 9.17) is 0 Å². The molecule has 0 bridgehead atoms. The Hall–Kier alpha value is -2.41. The van der Waals surface area contributed by atoms with Crippen LogP contribution in [0.4, 0.5) is 0 Å². The highest BCUT2D eigenvalue weighted by Gasteiger charge is 2.14. The number of benzene rings is 1. The molecule has 0 radical (unpaired) electrons. The fourth-order valence-electron chi connectivity index (χ4n) is 2.49. The van der Waals surface area contributed by atoms with Gasteiger partial charge in [0.25, 0.3) is 0 Å². The second kappa shape index (κ2) is 4.81. The van der Waals surface area contributed by atoms with Crippen LogP contribution >= 0.6 is 11.8 Å². The van der Waals surface area contributed by atoms with Crippen molar-refractivity contribution in [2.45, 2.75) is 19.0 Å². The molecule has 1 aromatic carbocycles. The molecule has 0 aliphatic rings. The average molecular weight is 310 g/mol. The third-order valence-electron chi connectivity index (χ3n) is 3.86. The molecule has 0 spiro atoms. The van der Waals surface area contributed by atoms with E-state index >= 15 is 0 Å². The maximum absolute atomic E-state index is 4.55. The van der Waals surface area contributed by atoms with E-state index in [1.165, 1.54) is 11.1 Å². The quantitative estimate of drug-likeness (QED) is 0.533. The summed E-state index contributed by atoms with van der Waals surface area (Å²) in [5.74, 6) is 0. The number of hydrogen-bond donors (Lipinski definition) is 0. The van der Waals surface area contributed by atoms with E-state index < -0.39 is 0 Å². The van der Waals surface area contributed by atoms with Crippen LogP contribution in [0.3, 0.4) is 0 Å². The molecule has 0 aliphatic heterocycles. The number of thioether (sulfide) groups is 1. The highest BCUT2D eigenvalue weighted by atomic mass is 32.2. The van der Waals surface area contributed by atoms with Gasteiger partial charge in [-0.3, -0.25) is 4.40 Å². The van der Waals surface area contributed by atoms with Gasteiger partial charge in [0, 0.05) is 0 Å². The van der Waals surface area contributed by atoms with Gasteiger partial charge in [-0.2, -0.15) is 5.10 Å². The fourth-order valence-corrected chi connectivity index (χ4v) is 2.94. The molecule has 6 nitrogen and oxygen atoms in total. The Labute approximate surface area is 131 Å². The minimum absolute atomic E-state index is 0.782. The van der Waals surface area contributed by atoms with Crippen molar-refractivity contribution < 1.29 is 0 Å². The highest BCUT2D eigenvalue weighted by molar-refractivity contribution is 7.98. The van der Waals surface area contributed by atoms with Crippen molar-refractivity contribution in [3.63, 3.8) is 0 Å². The van der Waals surface area contributed by atoms with Crippen molar-refractivity contribution in [2.24, 2.45) is 0 Å². The van der Waals surface area contributed by atoms with Crippen molar-refractivity contribution in [2.75, 3.05) is 6.26 Å². The zero-order chi connectivity index (χ0) is 15.3. The normalized spacial score (nSPS) is 11.6. The summed E-state index contributed by atoms with van der Waals surface area (Å²) in [5, 5.41) is 14.6. The molecule has 0 saturated heterocycles. The molecule has 0 saturated carbocycles. The van der Waals surface area contributed by atoms with Crippen LogP contribution in [0.5, 0.6) is 0 Å². The molecule has 0 amide bonds. The van der Waals surface area contributed by atoms with Gasteiger partial charge in [0.15, 0.2) is 16.5 Å². The van der Waals surface area contributed by atoms with E-state index in [1.54, 1.807) is 24.3 Å². The molecule has 110 valence electrons. The van der Waals surface area contributed by atoms with Crippen LogP contribution in [0.25, 0.3) is 22.4 Å². The van der Waals surface area contributed by atoms with E-state index in [9.17, 15) is 0 Å². The summed E-state index contributed by atoms with van der Waals surface area (Å²) in [6.07, 6.45) is 5.52. The van der Waals surface area contributed by atoms with Crippen LogP contribution in [-0.2, 0) is 0 Å². The zero-order valence-corrected chi connectivity index (χ0v) is 13.3. The Balaban J connectivity index is 1.98. The predicted molar refractivity (Wildman–Crippen MR) is 86.7 cm³/mol. The van der Waals surface area contributed by atoms with Gasteiger partial charge in [-0.1, -0.05) is 17.8 Å². The second-order valence-corrected chi connectivity index (χ2v) is 5.96. The molecular weight excluding hydrogens is 296 g/mol. The Morgan fingerprint density at radius 2 is 1.91 bits per heavy atom. The Morgan fingerprint density at radius 3 is 2.68 bits per heavy atom. The van der Waals surface area contributed by atoms with Crippen LogP contribution in [0.1, 0.15) is 11.1 Å². The number of fused-ring (bicyclic) bond motifs is 3. The molecule has 0 aliphatic carbocycles. The molecule has 7 heteroatoms. The molecule has 4 rings (SSSR count). The van der Waals surface area contributed by atoms with Crippen LogP contribution < -0.4 is 0 Å². The molecular formula is C15H14N6S. The lowest BCUT2D eigenvalue weighted by Gasteiger charge is -2.06. The summed E-state index contributed by atoms with van der Waals surface area (Å²) in [7, 11) is 0. The lowest BCUT2D eigenvalue weighted by atomic mass is 10.1. The Morgan fingerprint density at radius 1 is 1.05 bits per heavy atom. The number of aromatic nitrogens is 6. The van der Waals surface area contributed by atoms with Crippen molar-refractivity contribution in [3.05, 3.63) is 41.9 Å². The van der Waals surface area contributed by atoms with Gasteiger partial charge in [0.1, 0.15) is 6.33 Å². The lowest BCUT2D eigenvalue weighted by molar-refractivity contribution is 0.878. The summed E-state index contributed by atoms with van der Waals surface area (Å²) in [6, 6.07) is 6.27. The van der Waals surface area contributed by atoms with Crippen LogP contribution in [0.2, 0.25) is 0 Å². The molecule has 3 aromatic heterocycles. The first-order valence-electron chi connectivity index (χ1n) is 6.88. The van der Waals surface area contributed by atoms with Crippen molar-refractivity contribution >= 4 is 28.4 Å². The number of aryl methyl sites for hydroxylation is 2. The van der Waals surface area contributed by atoms with Gasteiger partial charge in [-0.05, 0) is 43.4 Å². The smallest absolute Gasteiger partial charge is 0.196 e. The monoisotopic (exact) mass is 310 g/mol. The molecule has 22 heavy (non-hydrogen) atoms. The van der Waals surface area contributed by atoms with Gasteiger partial charge >= 0.3 is 0 Å². The Kier molecular flexibility index (Phi) is 2.90. The summed E-state index contributed by atoms with van der Waals surface area (Å²) in [6.45, 7) is 4.20. The van der Waals surface area contributed by atoms with Gasteiger partial charge < -0.3 is 0 Å². The SMILES string of the molecule is CSc1nnc2c3cnn(-c4ccc(C)c(C)c4)c3ncn12. The Bertz CT molecular complexity index is 1000. The van der Waals surface area contributed by atoms with E-state index in [0.717, 1.165) is 27.5 Å². The third kappa shape index (κ3) is 1.82. The summed E-state index contributed by atoms with van der Waals surface area (Å²) < 4.78 is 3.73. The maximum atomic E-state index is 4.55. The molecule has 0 atom stereocenters. The van der Waals surface area contributed by atoms with E-state index in [2.05, 4.69) is 52.3 Å². The van der Waals surface area contributed by atoms with E-state index in [1.807, 2.05) is 15.3 Å². The van der Waals surface area contributed by atoms with E-state index in [0.29, 0.717) is 0 Å². The second-order valence-electron chi connectivity index (χ2n) is 5.19. The topological polar surface area (TPSA) is 60.9 Å².